The third kappa shape index (κ3) is 6.13. The molecule has 1 rings (SSSR count). The molecule has 0 saturated heterocycles. The molecule has 1 aromatic rings. The fourth-order valence-corrected chi connectivity index (χ4v) is 1.68. The molecule has 0 atom stereocenters. The van der Waals surface area contributed by atoms with Gasteiger partial charge in [-0.05, 0) is 39.2 Å². The minimum absolute atomic E-state index is 0.0583. The van der Waals surface area contributed by atoms with Crippen molar-refractivity contribution in [3.8, 4) is 5.75 Å². The molecule has 0 aliphatic rings. The predicted molar refractivity (Wildman–Crippen MR) is 80.6 cm³/mol. The summed E-state index contributed by atoms with van der Waals surface area (Å²) in [6.45, 7) is 1.40. The van der Waals surface area contributed by atoms with E-state index in [0.717, 1.165) is 13.0 Å². The summed E-state index contributed by atoms with van der Waals surface area (Å²) in [5.41, 5.74) is 5.99. The van der Waals surface area contributed by atoms with Crippen molar-refractivity contribution in [1.29, 1.82) is 0 Å². The zero-order chi connectivity index (χ0) is 15.7. The normalized spacial score (nSPS) is 11.5. The summed E-state index contributed by atoms with van der Waals surface area (Å²) in [5.74, 6) is 0.135. The Labute approximate surface area is 124 Å². The van der Waals surface area contributed by atoms with E-state index in [1.807, 2.05) is 14.1 Å². The quantitative estimate of drug-likeness (QED) is 0.209. The van der Waals surface area contributed by atoms with E-state index < -0.39 is 0 Å². The number of nitrogens with one attached hydrogen (secondary N) is 1. The summed E-state index contributed by atoms with van der Waals surface area (Å²) in [7, 11) is 3.96. The van der Waals surface area contributed by atoms with E-state index in [1.54, 1.807) is 24.3 Å². The van der Waals surface area contributed by atoms with Crippen LogP contribution in [0.25, 0.3) is 0 Å². The first-order valence-corrected chi connectivity index (χ1v) is 6.65. The number of nitrogens with two attached hydrogens (primary N) is 1. The number of amides is 1. The maximum Gasteiger partial charge on any atom is 0.257 e. The van der Waals surface area contributed by atoms with Crippen LogP contribution in [0.15, 0.2) is 29.4 Å². The maximum absolute atomic E-state index is 11.7. The van der Waals surface area contributed by atoms with Crippen molar-refractivity contribution in [2.75, 3.05) is 33.8 Å². The van der Waals surface area contributed by atoms with Crippen LogP contribution >= 0.6 is 0 Å². The molecule has 0 saturated carbocycles. The second-order valence-electron chi connectivity index (χ2n) is 4.78. The van der Waals surface area contributed by atoms with Gasteiger partial charge in [0.05, 0.1) is 5.56 Å². The van der Waals surface area contributed by atoms with Gasteiger partial charge in [-0.2, -0.15) is 0 Å². The standard InChI is InChI=1S/C14H22N4O3/c1-18(2)9-5-8-16-13(19)10-21-12-7-4-3-6-11(12)14(15)17-20/h3-4,6-7,20H,5,8-10H2,1-2H3,(H2,15,17)(H,16,19). The zero-order valence-electron chi connectivity index (χ0n) is 12.4. The Morgan fingerprint density at radius 1 is 1.43 bits per heavy atom. The van der Waals surface area contributed by atoms with Gasteiger partial charge in [0.25, 0.3) is 5.91 Å². The molecule has 0 heterocycles. The van der Waals surface area contributed by atoms with Crippen LogP contribution in [0.4, 0.5) is 0 Å². The van der Waals surface area contributed by atoms with Crippen molar-refractivity contribution in [2.24, 2.45) is 10.9 Å². The van der Waals surface area contributed by atoms with Gasteiger partial charge < -0.3 is 25.9 Å². The number of benzene rings is 1. The van der Waals surface area contributed by atoms with Crippen LogP contribution in [-0.4, -0.2) is 55.6 Å². The van der Waals surface area contributed by atoms with Crippen molar-refractivity contribution >= 4 is 11.7 Å². The highest BCUT2D eigenvalue weighted by Crippen LogP contribution is 2.17. The van der Waals surface area contributed by atoms with Crippen molar-refractivity contribution in [3.05, 3.63) is 29.8 Å². The Bertz CT molecular complexity index is 489. The number of hydrogen-bond acceptors (Lipinski definition) is 5. The summed E-state index contributed by atoms with van der Waals surface area (Å²) in [6, 6.07) is 6.80. The van der Waals surface area contributed by atoms with Gasteiger partial charge in [-0.3, -0.25) is 4.79 Å². The molecule has 1 amide bonds. The highest BCUT2D eigenvalue weighted by atomic mass is 16.5. The Morgan fingerprint density at radius 3 is 2.81 bits per heavy atom. The Kier molecular flexibility index (Phi) is 7.03. The van der Waals surface area contributed by atoms with Gasteiger partial charge in [-0.1, -0.05) is 17.3 Å². The van der Waals surface area contributed by atoms with E-state index in [9.17, 15) is 4.79 Å². The van der Waals surface area contributed by atoms with E-state index in [-0.39, 0.29) is 18.3 Å². The van der Waals surface area contributed by atoms with Crippen LogP contribution in [0.1, 0.15) is 12.0 Å². The monoisotopic (exact) mass is 294 g/mol. The van der Waals surface area contributed by atoms with E-state index in [4.69, 9.17) is 15.7 Å². The van der Waals surface area contributed by atoms with Gasteiger partial charge in [0, 0.05) is 6.54 Å². The van der Waals surface area contributed by atoms with E-state index >= 15 is 0 Å². The Balaban J connectivity index is 2.43. The van der Waals surface area contributed by atoms with Crippen LogP contribution in [0.3, 0.4) is 0 Å². The molecular formula is C14H22N4O3. The third-order valence-corrected chi connectivity index (χ3v) is 2.73. The molecule has 0 bridgehead atoms. The van der Waals surface area contributed by atoms with Gasteiger partial charge in [0.1, 0.15) is 5.75 Å². The summed E-state index contributed by atoms with van der Waals surface area (Å²) < 4.78 is 5.41. The first-order valence-electron chi connectivity index (χ1n) is 6.65. The van der Waals surface area contributed by atoms with Crippen molar-refractivity contribution in [1.82, 2.24) is 10.2 Å². The van der Waals surface area contributed by atoms with Crippen molar-refractivity contribution in [3.63, 3.8) is 0 Å². The van der Waals surface area contributed by atoms with Gasteiger partial charge in [-0.15, -0.1) is 0 Å². The molecule has 21 heavy (non-hydrogen) atoms. The molecule has 0 radical (unpaired) electrons. The van der Waals surface area contributed by atoms with Crippen molar-refractivity contribution < 1.29 is 14.7 Å². The predicted octanol–water partition coefficient (Wildman–Crippen LogP) is 0.228. The number of carbonyl (C=O) groups is 1. The van der Waals surface area contributed by atoms with Gasteiger partial charge in [-0.25, -0.2) is 0 Å². The molecule has 7 heteroatoms. The maximum atomic E-state index is 11.7. The minimum Gasteiger partial charge on any atom is -0.483 e. The van der Waals surface area contributed by atoms with Crippen LogP contribution in [0, 0.1) is 0 Å². The van der Waals surface area contributed by atoms with E-state index in [0.29, 0.717) is 17.9 Å². The SMILES string of the molecule is CN(C)CCCNC(=O)COc1ccccc1/C(N)=N/O. The number of hydrogen-bond donors (Lipinski definition) is 3. The molecule has 7 nitrogen and oxygen atoms in total. The second kappa shape index (κ2) is 8.80. The average Bonchev–Trinajstić information content (AvgIpc) is 2.48. The third-order valence-electron chi connectivity index (χ3n) is 2.73. The van der Waals surface area contributed by atoms with Gasteiger partial charge in [0.15, 0.2) is 12.4 Å². The molecule has 0 aliphatic heterocycles. The largest absolute Gasteiger partial charge is 0.483 e. The fourth-order valence-electron chi connectivity index (χ4n) is 1.68. The Hall–Kier alpha value is -2.28. The lowest BCUT2D eigenvalue weighted by atomic mass is 10.2. The van der Waals surface area contributed by atoms with Crippen LogP contribution in [0.5, 0.6) is 5.75 Å². The molecular weight excluding hydrogens is 272 g/mol. The highest BCUT2D eigenvalue weighted by molar-refractivity contribution is 5.99. The van der Waals surface area contributed by atoms with Gasteiger partial charge in [0.2, 0.25) is 0 Å². The molecule has 116 valence electrons. The van der Waals surface area contributed by atoms with E-state index in [2.05, 4.69) is 15.4 Å². The number of oxime groups is 1. The lowest BCUT2D eigenvalue weighted by Crippen LogP contribution is -2.31. The number of nitrogens with zero attached hydrogens (tertiary/aromatic N) is 2. The van der Waals surface area contributed by atoms with E-state index in [1.165, 1.54) is 0 Å². The molecule has 0 fully saturated rings. The summed E-state index contributed by atoms with van der Waals surface area (Å²) in [4.78, 5) is 13.7. The lowest BCUT2D eigenvalue weighted by molar-refractivity contribution is -0.123. The first kappa shape index (κ1) is 16.8. The minimum atomic E-state index is -0.205. The Morgan fingerprint density at radius 2 is 2.14 bits per heavy atom. The molecule has 1 aromatic carbocycles. The number of carbonyl (C=O) groups excluding carboxylic acids is 1. The smallest absolute Gasteiger partial charge is 0.257 e. The number of ether oxygens (including phenoxy) is 1. The highest BCUT2D eigenvalue weighted by Gasteiger charge is 2.09. The van der Waals surface area contributed by atoms with Crippen LogP contribution in [0.2, 0.25) is 0 Å². The topological polar surface area (TPSA) is 100 Å². The summed E-state index contributed by atoms with van der Waals surface area (Å²) in [5, 5.41) is 14.4. The summed E-state index contributed by atoms with van der Waals surface area (Å²) in [6.07, 6.45) is 0.874. The van der Waals surface area contributed by atoms with Crippen molar-refractivity contribution in [2.45, 2.75) is 6.42 Å². The van der Waals surface area contributed by atoms with Crippen LogP contribution in [-0.2, 0) is 4.79 Å². The zero-order valence-corrected chi connectivity index (χ0v) is 12.4. The molecule has 0 spiro atoms. The molecule has 0 unspecified atom stereocenters. The molecule has 4 N–H and O–H groups in total. The summed E-state index contributed by atoms with van der Waals surface area (Å²) >= 11 is 0. The molecule has 0 aromatic heterocycles. The number of rotatable bonds is 8. The molecule has 0 aliphatic carbocycles. The van der Waals surface area contributed by atoms with Crippen LogP contribution < -0.4 is 15.8 Å². The fraction of sp³-hybridized carbons (Fsp3) is 0.429. The lowest BCUT2D eigenvalue weighted by Gasteiger charge is -2.12. The second-order valence-corrected chi connectivity index (χ2v) is 4.78. The first-order chi connectivity index (χ1) is 10.0. The average molecular weight is 294 g/mol. The van der Waals surface area contributed by atoms with Gasteiger partial charge >= 0.3 is 0 Å². The number of amidine groups is 1. The number of para-hydroxylation sites is 1.